The van der Waals surface area contributed by atoms with Crippen LogP contribution in [0.25, 0.3) is 0 Å². The number of ketones is 1. The lowest BCUT2D eigenvalue weighted by molar-refractivity contribution is 0.0920. The molecular weight excluding hydrogens is 306 g/mol. The van der Waals surface area contributed by atoms with Gasteiger partial charge in [-0.05, 0) is 36.8 Å². The van der Waals surface area contributed by atoms with Gasteiger partial charge in [0.15, 0.2) is 5.78 Å². The van der Waals surface area contributed by atoms with Crippen LogP contribution in [0.3, 0.4) is 0 Å². The summed E-state index contributed by atoms with van der Waals surface area (Å²) < 4.78 is 4.17. The van der Waals surface area contributed by atoms with Gasteiger partial charge in [-0.2, -0.15) is 4.37 Å². The summed E-state index contributed by atoms with van der Waals surface area (Å²) in [6, 6.07) is 3.42. The summed E-state index contributed by atoms with van der Waals surface area (Å²) in [5.41, 5.74) is 1.25. The van der Waals surface area contributed by atoms with Crippen LogP contribution in [0.5, 0.6) is 0 Å². The molecule has 2 aromatic rings. The number of nitrogens with one attached hydrogen (secondary N) is 2. The number of aromatic nitrogens is 1. The molecule has 0 aliphatic carbocycles. The second kappa shape index (κ2) is 6.82. The third-order valence-corrected chi connectivity index (χ3v) is 4.85. The highest BCUT2D eigenvalue weighted by Gasteiger charge is 2.20. The molecule has 0 radical (unpaired) electrons. The summed E-state index contributed by atoms with van der Waals surface area (Å²) in [4.78, 5) is 25.0. The average molecular weight is 323 g/mol. The van der Waals surface area contributed by atoms with Crippen LogP contribution in [0, 0.1) is 6.92 Å². The predicted octanol–water partition coefficient (Wildman–Crippen LogP) is 2.95. The van der Waals surface area contributed by atoms with Crippen molar-refractivity contribution in [2.24, 2.45) is 0 Å². The number of amides is 1. The molecule has 2 rings (SSSR count). The number of rotatable bonds is 6. The summed E-state index contributed by atoms with van der Waals surface area (Å²) in [5.74, 6) is -0.149. The first kappa shape index (κ1) is 15.7. The zero-order chi connectivity index (χ0) is 15.4. The molecule has 0 aromatic carbocycles. The number of anilines is 1. The third-order valence-electron chi connectivity index (χ3n) is 2.98. The molecule has 1 amide bonds. The first-order valence-corrected chi connectivity index (χ1v) is 8.19. The van der Waals surface area contributed by atoms with Gasteiger partial charge in [-0.25, -0.2) is 0 Å². The number of thiophene rings is 1. The summed E-state index contributed by atoms with van der Waals surface area (Å²) in [6.07, 6.45) is 0.289. The van der Waals surface area contributed by atoms with E-state index in [9.17, 15) is 9.59 Å². The summed E-state index contributed by atoms with van der Waals surface area (Å²) in [6.45, 7) is 3.63. The zero-order valence-corrected chi connectivity index (χ0v) is 13.7. The molecule has 0 unspecified atom stereocenters. The van der Waals surface area contributed by atoms with E-state index in [1.54, 1.807) is 20.0 Å². The van der Waals surface area contributed by atoms with Crippen LogP contribution in [0.1, 0.15) is 39.1 Å². The smallest absolute Gasteiger partial charge is 0.256 e. The molecule has 0 saturated carbocycles. The number of hydrogen-bond donors (Lipinski definition) is 2. The number of hydrogen-bond acceptors (Lipinski definition) is 6. The zero-order valence-electron chi connectivity index (χ0n) is 12.1. The lowest BCUT2D eigenvalue weighted by Crippen LogP contribution is -2.34. The van der Waals surface area contributed by atoms with Gasteiger partial charge in [0.25, 0.3) is 5.91 Å². The second-order valence-corrected chi connectivity index (χ2v) is 6.42. The minimum absolute atomic E-state index is 0.0480. The predicted molar refractivity (Wildman–Crippen MR) is 86.6 cm³/mol. The van der Waals surface area contributed by atoms with Gasteiger partial charge in [-0.3, -0.25) is 9.59 Å². The molecule has 5 nitrogen and oxygen atoms in total. The van der Waals surface area contributed by atoms with Crippen LogP contribution in [0.4, 0.5) is 5.00 Å². The Morgan fingerprint density at radius 3 is 2.81 bits per heavy atom. The minimum Gasteiger partial charge on any atom is -0.378 e. The minimum atomic E-state index is -0.226. The average Bonchev–Trinajstić information content (AvgIpc) is 3.06. The van der Waals surface area contributed by atoms with Crippen molar-refractivity contribution in [3.05, 3.63) is 33.6 Å². The first-order chi connectivity index (χ1) is 10.0. The topological polar surface area (TPSA) is 71.1 Å². The van der Waals surface area contributed by atoms with Crippen LogP contribution < -0.4 is 10.6 Å². The molecular formula is C14H17N3O2S2. The molecule has 7 heteroatoms. The molecule has 2 aromatic heterocycles. The van der Waals surface area contributed by atoms with Gasteiger partial charge in [-0.15, -0.1) is 11.3 Å². The fraction of sp³-hybridized carbons (Fsp3) is 0.357. The van der Waals surface area contributed by atoms with Crippen molar-refractivity contribution in [2.75, 3.05) is 12.4 Å². The molecule has 2 heterocycles. The van der Waals surface area contributed by atoms with Gasteiger partial charge in [0.2, 0.25) is 0 Å². The van der Waals surface area contributed by atoms with E-state index in [4.69, 9.17) is 0 Å². The highest BCUT2D eigenvalue weighted by Crippen LogP contribution is 2.23. The maximum atomic E-state index is 12.3. The molecule has 21 heavy (non-hydrogen) atoms. The number of aryl methyl sites for hydroxylation is 1. The maximum Gasteiger partial charge on any atom is 0.256 e. The van der Waals surface area contributed by atoms with Crippen molar-refractivity contribution >= 4 is 39.6 Å². The maximum absolute atomic E-state index is 12.3. The highest BCUT2D eigenvalue weighted by molar-refractivity contribution is 7.12. The van der Waals surface area contributed by atoms with E-state index >= 15 is 0 Å². The Labute approximate surface area is 131 Å². The van der Waals surface area contributed by atoms with Crippen molar-refractivity contribution < 1.29 is 9.59 Å². The number of carbonyl (C=O) groups excluding carboxylic acids is 2. The van der Waals surface area contributed by atoms with Crippen molar-refractivity contribution in [3.63, 3.8) is 0 Å². The van der Waals surface area contributed by atoms with E-state index < -0.39 is 0 Å². The van der Waals surface area contributed by atoms with Gasteiger partial charge in [0.1, 0.15) is 5.00 Å². The van der Waals surface area contributed by atoms with Crippen molar-refractivity contribution in [1.29, 1.82) is 0 Å². The SMILES string of the molecule is CNc1snc(C)c1C(=O)N[C@@H](C)CC(=O)c1cccs1. The van der Waals surface area contributed by atoms with E-state index in [2.05, 4.69) is 15.0 Å². The van der Waals surface area contributed by atoms with Crippen LogP contribution in [-0.2, 0) is 0 Å². The van der Waals surface area contributed by atoms with Gasteiger partial charge < -0.3 is 10.6 Å². The van der Waals surface area contributed by atoms with Crippen LogP contribution in [0.2, 0.25) is 0 Å². The Hall–Kier alpha value is -1.73. The molecule has 2 N–H and O–H groups in total. The molecule has 0 saturated heterocycles. The Morgan fingerprint density at radius 2 is 2.19 bits per heavy atom. The quantitative estimate of drug-likeness (QED) is 0.802. The molecule has 0 fully saturated rings. The van der Waals surface area contributed by atoms with Gasteiger partial charge in [-0.1, -0.05) is 6.07 Å². The second-order valence-electron chi connectivity index (χ2n) is 4.70. The number of carbonyl (C=O) groups is 2. The number of nitrogens with zero attached hydrogens (tertiary/aromatic N) is 1. The van der Waals surface area contributed by atoms with Gasteiger partial charge in [0.05, 0.1) is 16.1 Å². The summed E-state index contributed by atoms with van der Waals surface area (Å²) >= 11 is 2.67. The Balaban J connectivity index is 1.99. The van der Waals surface area contributed by atoms with Gasteiger partial charge in [0, 0.05) is 19.5 Å². The van der Waals surface area contributed by atoms with Crippen LogP contribution in [-0.4, -0.2) is 29.2 Å². The fourth-order valence-electron chi connectivity index (χ4n) is 1.97. The standard InChI is InChI=1S/C14H17N3O2S2/c1-8(7-10(18)11-5-4-6-20-11)16-13(19)12-9(2)17-21-14(12)15-3/h4-6,8,15H,7H2,1-3H3,(H,16,19)/t8-/m0/s1. The summed E-state index contributed by atoms with van der Waals surface area (Å²) in [7, 11) is 1.76. The monoisotopic (exact) mass is 323 g/mol. The molecule has 0 spiro atoms. The van der Waals surface area contributed by atoms with Crippen LogP contribution >= 0.6 is 22.9 Å². The Bertz CT molecular complexity index is 635. The fourth-order valence-corrected chi connectivity index (χ4v) is 3.39. The molecule has 1 atom stereocenters. The molecule has 0 aliphatic heterocycles. The Morgan fingerprint density at radius 1 is 1.43 bits per heavy atom. The van der Waals surface area contributed by atoms with Crippen molar-refractivity contribution in [3.8, 4) is 0 Å². The third kappa shape index (κ3) is 3.68. The first-order valence-electron chi connectivity index (χ1n) is 6.54. The van der Waals surface area contributed by atoms with Gasteiger partial charge >= 0.3 is 0 Å². The van der Waals surface area contributed by atoms with E-state index in [1.165, 1.54) is 22.9 Å². The van der Waals surface area contributed by atoms with Crippen molar-refractivity contribution in [1.82, 2.24) is 9.69 Å². The molecule has 112 valence electrons. The lowest BCUT2D eigenvalue weighted by Gasteiger charge is -2.13. The number of Topliss-reactive ketones (excluding diaryl/α,β-unsaturated/α-hetero) is 1. The lowest BCUT2D eigenvalue weighted by atomic mass is 10.1. The summed E-state index contributed by atoms with van der Waals surface area (Å²) in [5, 5.41) is 8.43. The largest absolute Gasteiger partial charge is 0.378 e. The van der Waals surface area contributed by atoms with E-state index in [-0.39, 0.29) is 24.2 Å². The highest BCUT2D eigenvalue weighted by atomic mass is 32.1. The Kier molecular flexibility index (Phi) is 5.08. The normalized spacial score (nSPS) is 12.0. The van der Waals surface area contributed by atoms with E-state index in [1.807, 2.05) is 18.4 Å². The van der Waals surface area contributed by atoms with E-state index in [0.29, 0.717) is 11.3 Å². The van der Waals surface area contributed by atoms with Crippen molar-refractivity contribution in [2.45, 2.75) is 26.3 Å². The molecule has 0 bridgehead atoms. The van der Waals surface area contributed by atoms with E-state index in [0.717, 1.165) is 9.88 Å². The van der Waals surface area contributed by atoms with Crippen LogP contribution in [0.15, 0.2) is 17.5 Å². The molecule has 0 aliphatic rings.